The van der Waals surface area contributed by atoms with Gasteiger partial charge in [0.15, 0.2) is 5.76 Å². The van der Waals surface area contributed by atoms with Gasteiger partial charge in [-0.25, -0.2) is 0 Å². The van der Waals surface area contributed by atoms with Crippen molar-refractivity contribution in [2.45, 2.75) is 39.7 Å². The summed E-state index contributed by atoms with van der Waals surface area (Å²) in [6.45, 7) is 8.35. The molecular formula is C18H26ClN3O3S. The minimum Gasteiger partial charge on any atom is -0.459 e. The van der Waals surface area contributed by atoms with E-state index in [2.05, 4.69) is 24.5 Å². The van der Waals surface area contributed by atoms with Crippen LogP contribution in [0.5, 0.6) is 0 Å². The molecule has 0 radical (unpaired) electrons. The Labute approximate surface area is 163 Å². The van der Waals surface area contributed by atoms with Gasteiger partial charge in [0, 0.05) is 6.54 Å². The molecule has 0 bridgehead atoms. The lowest BCUT2D eigenvalue weighted by Crippen LogP contribution is -2.52. The highest BCUT2D eigenvalue weighted by Gasteiger charge is 2.28. The molecule has 0 saturated carbocycles. The molecule has 4 N–H and O–H groups in total. The maximum atomic E-state index is 12.7. The van der Waals surface area contributed by atoms with Crippen LogP contribution in [0.25, 0.3) is 0 Å². The van der Waals surface area contributed by atoms with Gasteiger partial charge in [0.25, 0.3) is 11.8 Å². The molecule has 2 amide bonds. The summed E-state index contributed by atoms with van der Waals surface area (Å²) in [5, 5.41) is 6.39. The number of carbonyl (C=O) groups is 2. The highest BCUT2D eigenvalue weighted by molar-refractivity contribution is 7.18. The van der Waals surface area contributed by atoms with E-state index < -0.39 is 5.54 Å². The number of thiophene rings is 1. The summed E-state index contributed by atoms with van der Waals surface area (Å²) in [5.74, 6) is 0.130. The van der Waals surface area contributed by atoms with Gasteiger partial charge in [0.1, 0.15) is 0 Å². The minimum absolute atomic E-state index is 0. The van der Waals surface area contributed by atoms with Crippen LogP contribution in [0.4, 0.5) is 5.00 Å². The molecule has 1 atom stereocenters. The standard InChI is InChI=1S/C18H25N3O3S.ClH/c1-11(2)9-18(4,10-19)21-17(23)15-12(3)8-14(25-15)20-16(22)13-6-5-7-24-13;/h5-8,11H,9-10,19H2,1-4H3,(H,20,22)(H,21,23);1H. The number of halogens is 1. The van der Waals surface area contributed by atoms with Gasteiger partial charge < -0.3 is 20.8 Å². The maximum absolute atomic E-state index is 12.7. The zero-order valence-electron chi connectivity index (χ0n) is 15.4. The Balaban J connectivity index is 0.00000338. The molecule has 6 nitrogen and oxygen atoms in total. The van der Waals surface area contributed by atoms with Crippen LogP contribution in [0.2, 0.25) is 0 Å². The van der Waals surface area contributed by atoms with Crippen molar-refractivity contribution in [2.24, 2.45) is 11.7 Å². The summed E-state index contributed by atoms with van der Waals surface area (Å²) in [6.07, 6.45) is 2.23. The fourth-order valence-electron chi connectivity index (χ4n) is 2.77. The monoisotopic (exact) mass is 399 g/mol. The summed E-state index contributed by atoms with van der Waals surface area (Å²) >= 11 is 1.24. The van der Waals surface area contributed by atoms with Crippen LogP contribution in [-0.2, 0) is 0 Å². The second kappa shape index (κ2) is 9.21. The fraction of sp³-hybridized carbons (Fsp3) is 0.444. The molecule has 2 aromatic rings. The molecule has 0 spiro atoms. The molecule has 2 rings (SSSR count). The van der Waals surface area contributed by atoms with Crippen molar-refractivity contribution in [1.29, 1.82) is 0 Å². The lowest BCUT2D eigenvalue weighted by atomic mass is 9.90. The van der Waals surface area contributed by atoms with Gasteiger partial charge in [-0.1, -0.05) is 13.8 Å². The summed E-state index contributed by atoms with van der Waals surface area (Å²) < 4.78 is 5.07. The van der Waals surface area contributed by atoms with E-state index in [1.165, 1.54) is 17.6 Å². The van der Waals surface area contributed by atoms with Gasteiger partial charge in [-0.2, -0.15) is 0 Å². The van der Waals surface area contributed by atoms with Gasteiger partial charge in [-0.05, 0) is 49.9 Å². The van der Waals surface area contributed by atoms with Crippen molar-refractivity contribution < 1.29 is 14.0 Å². The fourth-order valence-corrected chi connectivity index (χ4v) is 3.73. The van der Waals surface area contributed by atoms with E-state index in [9.17, 15) is 9.59 Å². The second-order valence-electron chi connectivity index (χ2n) is 6.87. The molecule has 0 saturated heterocycles. The molecule has 2 heterocycles. The van der Waals surface area contributed by atoms with Crippen molar-refractivity contribution >= 4 is 40.6 Å². The Bertz CT molecular complexity index is 743. The number of nitrogens with two attached hydrogens (primary N) is 1. The second-order valence-corrected chi connectivity index (χ2v) is 7.92. The molecule has 0 aromatic carbocycles. The molecule has 0 aliphatic rings. The summed E-state index contributed by atoms with van der Waals surface area (Å²) in [6, 6.07) is 5.01. The maximum Gasteiger partial charge on any atom is 0.291 e. The van der Waals surface area contributed by atoms with Crippen LogP contribution in [0.3, 0.4) is 0 Å². The van der Waals surface area contributed by atoms with E-state index in [1.807, 2.05) is 13.8 Å². The quantitative estimate of drug-likeness (QED) is 0.659. The SMILES string of the molecule is Cc1cc(NC(=O)c2ccco2)sc1C(=O)NC(C)(CN)CC(C)C.Cl. The van der Waals surface area contributed by atoms with E-state index in [4.69, 9.17) is 10.2 Å². The van der Waals surface area contributed by atoms with E-state index in [-0.39, 0.29) is 30.0 Å². The number of aryl methyl sites for hydroxylation is 1. The van der Waals surface area contributed by atoms with E-state index in [1.54, 1.807) is 18.2 Å². The van der Waals surface area contributed by atoms with Crippen LogP contribution in [0, 0.1) is 12.8 Å². The van der Waals surface area contributed by atoms with Crippen LogP contribution in [0.15, 0.2) is 28.9 Å². The predicted octanol–water partition coefficient (Wildman–Crippen LogP) is 3.82. The molecule has 144 valence electrons. The number of furan rings is 1. The van der Waals surface area contributed by atoms with Crippen molar-refractivity contribution in [1.82, 2.24) is 5.32 Å². The van der Waals surface area contributed by atoms with E-state index in [0.29, 0.717) is 22.3 Å². The lowest BCUT2D eigenvalue weighted by Gasteiger charge is -2.31. The number of amides is 2. The molecule has 0 aliphatic carbocycles. The average molecular weight is 400 g/mol. The first-order valence-electron chi connectivity index (χ1n) is 8.22. The molecular weight excluding hydrogens is 374 g/mol. The topological polar surface area (TPSA) is 97.4 Å². The van der Waals surface area contributed by atoms with Crippen LogP contribution < -0.4 is 16.4 Å². The van der Waals surface area contributed by atoms with Crippen molar-refractivity contribution in [3.8, 4) is 0 Å². The Hall–Kier alpha value is -1.83. The van der Waals surface area contributed by atoms with Crippen LogP contribution >= 0.6 is 23.7 Å². The summed E-state index contributed by atoms with van der Waals surface area (Å²) in [7, 11) is 0. The number of rotatable bonds is 7. The lowest BCUT2D eigenvalue weighted by molar-refractivity contribution is 0.0901. The Kier molecular flexibility index (Phi) is 7.87. The normalized spacial score (nSPS) is 13.0. The molecule has 0 aliphatic heterocycles. The first kappa shape index (κ1) is 22.2. The first-order chi connectivity index (χ1) is 11.7. The largest absolute Gasteiger partial charge is 0.459 e. The zero-order valence-corrected chi connectivity index (χ0v) is 17.1. The summed E-state index contributed by atoms with van der Waals surface area (Å²) in [5.41, 5.74) is 6.21. The first-order valence-corrected chi connectivity index (χ1v) is 9.03. The van der Waals surface area contributed by atoms with Crippen LogP contribution in [0.1, 0.15) is 53.0 Å². The Morgan fingerprint density at radius 3 is 2.58 bits per heavy atom. The van der Waals surface area contributed by atoms with Gasteiger partial charge in [-0.15, -0.1) is 23.7 Å². The number of nitrogens with one attached hydrogen (secondary N) is 2. The van der Waals surface area contributed by atoms with Gasteiger partial charge in [-0.3, -0.25) is 9.59 Å². The molecule has 1 unspecified atom stereocenters. The highest BCUT2D eigenvalue weighted by atomic mass is 35.5. The summed E-state index contributed by atoms with van der Waals surface area (Å²) in [4.78, 5) is 25.3. The zero-order chi connectivity index (χ0) is 18.6. The predicted molar refractivity (Wildman–Crippen MR) is 107 cm³/mol. The van der Waals surface area contributed by atoms with E-state index in [0.717, 1.165) is 12.0 Å². The van der Waals surface area contributed by atoms with Gasteiger partial charge >= 0.3 is 0 Å². The number of hydrogen-bond donors (Lipinski definition) is 3. The van der Waals surface area contributed by atoms with Crippen molar-refractivity contribution in [3.63, 3.8) is 0 Å². The number of carbonyl (C=O) groups excluding carboxylic acids is 2. The third-order valence-corrected chi connectivity index (χ3v) is 4.98. The third kappa shape index (κ3) is 5.59. The third-order valence-electron chi connectivity index (χ3n) is 3.83. The van der Waals surface area contributed by atoms with Gasteiger partial charge in [0.05, 0.1) is 21.7 Å². The minimum atomic E-state index is -0.459. The van der Waals surface area contributed by atoms with Gasteiger partial charge in [0.2, 0.25) is 0 Å². The van der Waals surface area contributed by atoms with Crippen molar-refractivity contribution in [3.05, 3.63) is 40.7 Å². The number of hydrogen-bond acceptors (Lipinski definition) is 5. The smallest absolute Gasteiger partial charge is 0.291 e. The molecule has 8 heteroatoms. The molecule has 26 heavy (non-hydrogen) atoms. The van der Waals surface area contributed by atoms with Crippen molar-refractivity contribution in [2.75, 3.05) is 11.9 Å². The Morgan fingerprint density at radius 1 is 1.35 bits per heavy atom. The Morgan fingerprint density at radius 2 is 2.04 bits per heavy atom. The highest BCUT2D eigenvalue weighted by Crippen LogP contribution is 2.28. The average Bonchev–Trinajstić information content (AvgIpc) is 3.16. The molecule has 0 fully saturated rings. The van der Waals surface area contributed by atoms with E-state index >= 15 is 0 Å². The number of anilines is 1. The molecule has 2 aromatic heterocycles. The van der Waals surface area contributed by atoms with Crippen LogP contribution in [-0.4, -0.2) is 23.9 Å².